The predicted molar refractivity (Wildman–Crippen MR) is 149 cm³/mol. The second-order valence-corrected chi connectivity index (χ2v) is 9.99. The lowest BCUT2D eigenvalue weighted by Gasteiger charge is -2.34. The molecule has 35 heavy (non-hydrogen) atoms. The first-order valence-electron chi connectivity index (χ1n) is 12.5. The van der Waals surface area contributed by atoms with Crippen molar-refractivity contribution in [3.05, 3.63) is 102 Å². The molecule has 0 atom stereocenters. The van der Waals surface area contributed by atoms with Crippen molar-refractivity contribution in [2.24, 2.45) is 0 Å². The summed E-state index contributed by atoms with van der Waals surface area (Å²) in [7, 11) is 0. The Morgan fingerprint density at radius 2 is 1.43 bits per heavy atom. The van der Waals surface area contributed by atoms with Gasteiger partial charge < -0.3 is 15.1 Å². The van der Waals surface area contributed by atoms with Gasteiger partial charge >= 0.3 is 0 Å². The first-order valence-corrected chi connectivity index (χ1v) is 13.5. The van der Waals surface area contributed by atoms with Gasteiger partial charge in [0.25, 0.3) is 0 Å². The van der Waals surface area contributed by atoms with Crippen molar-refractivity contribution in [1.29, 1.82) is 0 Å². The summed E-state index contributed by atoms with van der Waals surface area (Å²) < 4.78 is 0. The van der Waals surface area contributed by atoms with Crippen molar-refractivity contribution >= 4 is 29.4 Å². The molecule has 1 heterocycles. The second-order valence-electron chi connectivity index (χ2n) is 8.85. The van der Waals surface area contributed by atoms with E-state index in [1.54, 1.807) is 6.08 Å². The fraction of sp³-hybridized carbons (Fsp3) is 0.300. The highest BCUT2D eigenvalue weighted by atomic mass is 32.2. The summed E-state index contributed by atoms with van der Waals surface area (Å²) in [5.41, 5.74) is 3.32. The van der Waals surface area contributed by atoms with Gasteiger partial charge in [-0.05, 0) is 54.5 Å². The molecule has 4 rings (SSSR count). The van der Waals surface area contributed by atoms with E-state index in [1.165, 1.54) is 5.56 Å². The van der Waals surface area contributed by atoms with E-state index in [-0.39, 0.29) is 5.91 Å². The van der Waals surface area contributed by atoms with Gasteiger partial charge in [0.15, 0.2) is 0 Å². The van der Waals surface area contributed by atoms with Crippen LogP contribution in [0.2, 0.25) is 0 Å². The van der Waals surface area contributed by atoms with Gasteiger partial charge in [-0.25, -0.2) is 0 Å². The number of piperazine rings is 1. The summed E-state index contributed by atoms with van der Waals surface area (Å²) in [4.78, 5) is 18.7. The SMILES string of the molecule is O=C(C=Cc1ccccc1)Nc1ccccc1SCCCN1CCN(CCc2ccccc2)CC1. The number of thioether (sulfide) groups is 1. The molecule has 5 heteroatoms. The molecule has 1 fully saturated rings. The molecular formula is C30H35N3OS. The molecular weight excluding hydrogens is 450 g/mol. The molecule has 4 nitrogen and oxygen atoms in total. The number of hydrogen-bond acceptors (Lipinski definition) is 4. The van der Waals surface area contributed by atoms with Crippen molar-refractivity contribution in [3.63, 3.8) is 0 Å². The Bertz CT molecular complexity index is 1060. The number of nitrogens with one attached hydrogen (secondary N) is 1. The highest BCUT2D eigenvalue weighted by Crippen LogP contribution is 2.27. The molecule has 0 aromatic heterocycles. The van der Waals surface area contributed by atoms with Crippen LogP contribution in [0.1, 0.15) is 17.5 Å². The lowest BCUT2D eigenvalue weighted by molar-refractivity contribution is -0.111. The molecule has 1 saturated heterocycles. The Morgan fingerprint density at radius 3 is 2.17 bits per heavy atom. The summed E-state index contributed by atoms with van der Waals surface area (Å²) in [6.45, 7) is 6.90. The van der Waals surface area contributed by atoms with Crippen LogP contribution in [0.5, 0.6) is 0 Å². The van der Waals surface area contributed by atoms with E-state index in [0.717, 1.165) is 74.0 Å². The topological polar surface area (TPSA) is 35.6 Å². The third-order valence-electron chi connectivity index (χ3n) is 6.27. The molecule has 182 valence electrons. The van der Waals surface area contributed by atoms with E-state index in [0.29, 0.717) is 0 Å². The number of benzene rings is 3. The van der Waals surface area contributed by atoms with Crippen LogP contribution in [0, 0.1) is 0 Å². The summed E-state index contributed by atoms with van der Waals surface area (Å²) in [5.74, 6) is 0.938. The lowest BCUT2D eigenvalue weighted by atomic mass is 10.1. The van der Waals surface area contributed by atoms with Crippen LogP contribution in [0.4, 0.5) is 5.69 Å². The molecule has 0 aliphatic carbocycles. The summed E-state index contributed by atoms with van der Waals surface area (Å²) >= 11 is 1.82. The first kappa shape index (κ1) is 25.2. The van der Waals surface area contributed by atoms with Gasteiger partial charge in [-0.3, -0.25) is 4.79 Å². The number of rotatable bonds is 11. The molecule has 3 aromatic carbocycles. The number of carbonyl (C=O) groups excluding carboxylic acids is 1. The number of para-hydroxylation sites is 1. The smallest absolute Gasteiger partial charge is 0.248 e. The van der Waals surface area contributed by atoms with Crippen molar-refractivity contribution in [3.8, 4) is 0 Å². The maximum absolute atomic E-state index is 12.4. The minimum Gasteiger partial charge on any atom is -0.321 e. The van der Waals surface area contributed by atoms with Crippen LogP contribution in [-0.4, -0.2) is 60.7 Å². The minimum absolute atomic E-state index is 0.105. The Labute approximate surface area is 214 Å². The lowest BCUT2D eigenvalue weighted by Crippen LogP contribution is -2.47. The monoisotopic (exact) mass is 485 g/mol. The molecule has 1 N–H and O–H groups in total. The number of carbonyl (C=O) groups is 1. The largest absolute Gasteiger partial charge is 0.321 e. The van der Waals surface area contributed by atoms with Crippen molar-refractivity contribution in [2.45, 2.75) is 17.7 Å². The van der Waals surface area contributed by atoms with Crippen molar-refractivity contribution < 1.29 is 4.79 Å². The van der Waals surface area contributed by atoms with Gasteiger partial charge in [-0.2, -0.15) is 0 Å². The third-order valence-corrected chi connectivity index (χ3v) is 7.43. The number of hydrogen-bond donors (Lipinski definition) is 1. The van der Waals surface area contributed by atoms with Crippen LogP contribution in [0.15, 0.2) is 95.9 Å². The van der Waals surface area contributed by atoms with Crippen LogP contribution < -0.4 is 5.32 Å². The number of nitrogens with zero attached hydrogens (tertiary/aromatic N) is 2. The van der Waals surface area contributed by atoms with Gasteiger partial charge in [0.2, 0.25) is 5.91 Å². The van der Waals surface area contributed by atoms with Crippen LogP contribution in [0.25, 0.3) is 6.08 Å². The fourth-order valence-electron chi connectivity index (χ4n) is 4.24. The zero-order valence-corrected chi connectivity index (χ0v) is 21.1. The molecule has 0 radical (unpaired) electrons. The number of anilines is 1. The van der Waals surface area contributed by atoms with E-state index in [2.05, 4.69) is 51.5 Å². The van der Waals surface area contributed by atoms with Gasteiger partial charge in [0.1, 0.15) is 0 Å². The predicted octanol–water partition coefficient (Wildman–Crippen LogP) is 5.68. The van der Waals surface area contributed by atoms with E-state index >= 15 is 0 Å². The Morgan fingerprint density at radius 1 is 0.800 bits per heavy atom. The molecule has 0 saturated carbocycles. The van der Waals surface area contributed by atoms with Gasteiger partial charge in [0.05, 0.1) is 5.69 Å². The van der Waals surface area contributed by atoms with Crippen LogP contribution in [0.3, 0.4) is 0 Å². The highest BCUT2D eigenvalue weighted by molar-refractivity contribution is 7.99. The standard InChI is InChI=1S/C30H35N3OS/c34-30(17-16-26-10-3-1-4-11-26)31-28-14-7-8-15-29(28)35-25-9-19-32-21-23-33(24-22-32)20-18-27-12-5-2-6-13-27/h1-8,10-17H,9,18-25H2,(H,31,34). The Hall–Kier alpha value is -2.86. The summed E-state index contributed by atoms with van der Waals surface area (Å²) in [5, 5.41) is 3.04. The molecule has 0 bridgehead atoms. The van der Waals surface area contributed by atoms with Crippen LogP contribution >= 0.6 is 11.8 Å². The van der Waals surface area contributed by atoms with Gasteiger partial charge in [0, 0.05) is 43.7 Å². The maximum Gasteiger partial charge on any atom is 0.248 e. The highest BCUT2D eigenvalue weighted by Gasteiger charge is 2.16. The molecule has 1 aliphatic heterocycles. The first-order chi connectivity index (χ1) is 17.3. The van der Waals surface area contributed by atoms with E-state index in [9.17, 15) is 4.79 Å². The molecule has 1 amide bonds. The van der Waals surface area contributed by atoms with Crippen molar-refractivity contribution in [1.82, 2.24) is 9.80 Å². The fourth-order valence-corrected chi connectivity index (χ4v) is 5.19. The molecule has 0 unspecified atom stereocenters. The quantitative estimate of drug-likeness (QED) is 0.215. The normalized spacial score (nSPS) is 14.9. The van der Waals surface area contributed by atoms with Crippen molar-refractivity contribution in [2.75, 3.05) is 50.3 Å². The minimum atomic E-state index is -0.105. The second kappa shape index (κ2) is 13.9. The maximum atomic E-state index is 12.4. The third kappa shape index (κ3) is 8.70. The average Bonchev–Trinajstić information content (AvgIpc) is 2.91. The molecule has 1 aliphatic rings. The van der Waals surface area contributed by atoms with E-state index in [1.807, 2.05) is 66.4 Å². The Kier molecular flexibility index (Phi) is 10.0. The summed E-state index contributed by atoms with van der Waals surface area (Å²) in [6.07, 6.45) is 5.71. The average molecular weight is 486 g/mol. The van der Waals surface area contributed by atoms with E-state index < -0.39 is 0 Å². The van der Waals surface area contributed by atoms with Crippen LogP contribution in [-0.2, 0) is 11.2 Å². The Balaban J connectivity index is 1.14. The zero-order chi connectivity index (χ0) is 24.1. The number of amides is 1. The summed E-state index contributed by atoms with van der Waals surface area (Å²) in [6, 6.07) is 28.7. The van der Waals surface area contributed by atoms with Gasteiger partial charge in [-0.1, -0.05) is 72.8 Å². The molecule has 0 spiro atoms. The van der Waals surface area contributed by atoms with Gasteiger partial charge in [-0.15, -0.1) is 11.8 Å². The van der Waals surface area contributed by atoms with E-state index in [4.69, 9.17) is 0 Å². The molecule has 3 aromatic rings. The zero-order valence-electron chi connectivity index (χ0n) is 20.3.